The zero-order valence-corrected chi connectivity index (χ0v) is 23.5. The number of amides is 2. The predicted octanol–water partition coefficient (Wildman–Crippen LogP) is 5.43. The topological polar surface area (TPSA) is 91.3 Å². The van der Waals surface area contributed by atoms with Crippen LogP contribution in [0.15, 0.2) is 90.5 Å². The predicted molar refractivity (Wildman–Crippen MR) is 157 cm³/mol. The summed E-state index contributed by atoms with van der Waals surface area (Å²) in [5.74, 6) is -1.51. The van der Waals surface area contributed by atoms with Crippen molar-refractivity contribution in [1.82, 2.24) is 9.80 Å². The number of hydrogen-bond donors (Lipinski definition) is 1. The third-order valence-electron chi connectivity index (χ3n) is 6.49. The number of nitrogens with one attached hydrogen (secondary N) is 1. The number of rotatable bonds is 9. The quantitative estimate of drug-likeness (QED) is 0.207. The zero-order chi connectivity index (χ0) is 28.8. The Morgan fingerprint density at radius 1 is 1.05 bits per heavy atom. The molecule has 0 aliphatic carbocycles. The summed E-state index contributed by atoms with van der Waals surface area (Å²) < 4.78 is 4.86. The lowest BCUT2D eigenvalue weighted by Crippen LogP contribution is -2.45. The Balaban J connectivity index is 1.77. The number of carbonyl (C=O) groups is 3. The van der Waals surface area contributed by atoms with E-state index in [1.807, 2.05) is 60.7 Å². The number of esters is 1. The molecule has 0 radical (unpaired) electrons. The first-order valence-electron chi connectivity index (χ1n) is 12.6. The van der Waals surface area contributed by atoms with Crippen molar-refractivity contribution in [3.05, 3.63) is 107 Å². The smallest absolute Gasteiger partial charge is 0.370 e. The minimum atomic E-state index is -0.816. The number of ether oxygens (including phenoxy) is 1. The fraction of sp³-hybridized carbons (Fsp3) is 0.200. The Morgan fingerprint density at radius 2 is 1.70 bits per heavy atom. The molecule has 0 unspecified atom stereocenters. The molecule has 2 atom stereocenters. The van der Waals surface area contributed by atoms with Crippen LogP contribution in [-0.4, -0.2) is 58.6 Å². The van der Waals surface area contributed by atoms with Gasteiger partial charge < -0.3 is 14.5 Å². The Hall–Kier alpha value is -4.14. The maximum absolute atomic E-state index is 14.4. The van der Waals surface area contributed by atoms with E-state index in [0.29, 0.717) is 17.0 Å². The fourth-order valence-electron chi connectivity index (χ4n) is 4.59. The highest BCUT2D eigenvalue weighted by Crippen LogP contribution is 2.35. The second-order valence-corrected chi connectivity index (χ2v) is 9.85. The number of likely N-dealkylation sites (N-methyl/N-ethyl adjacent to an activating group) is 1. The normalized spacial score (nSPS) is 17.1. The second kappa shape index (κ2) is 12.8. The Labute approximate surface area is 242 Å². The van der Waals surface area contributed by atoms with Crippen molar-refractivity contribution >= 4 is 57.4 Å². The largest absolute Gasteiger partial charge is 0.461 e. The average molecular weight is 579 g/mol. The van der Waals surface area contributed by atoms with Crippen LogP contribution in [0.2, 0.25) is 5.02 Å². The highest BCUT2D eigenvalue weighted by molar-refractivity contribution is 6.82. The number of carbonyl (C=O) groups excluding carboxylic acids is 3. The van der Waals surface area contributed by atoms with Gasteiger partial charge in [-0.3, -0.25) is 15.0 Å². The molecule has 0 spiro atoms. The maximum atomic E-state index is 14.4. The summed E-state index contributed by atoms with van der Waals surface area (Å²) in [6.07, 6.45) is -0.473. The molecule has 1 N–H and O–H groups in total. The van der Waals surface area contributed by atoms with Crippen molar-refractivity contribution in [2.45, 2.75) is 25.6 Å². The molecule has 0 saturated carbocycles. The first kappa shape index (κ1) is 28.9. The summed E-state index contributed by atoms with van der Waals surface area (Å²) in [4.78, 5) is 43.0. The number of halogens is 2. The minimum absolute atomic E-state index is 0.126. The van der Waals surface area contributed by atoms with E-state index >= 15 is 0 Å². The summed E-state index contributed by atoms with van der Waals surface area (Å²) >= 11 is 12.3. The molecule has 1 saturated heterocycles. The Morgan fingerprint density at radius 3 is 2.35 bits per heavy atom. The number of anilines is 1. The monoisotopic (exact) mass is 578 g/mol. The molecule has 1 fully saturated rings. The zero-order valence-electron chi connectivity index (χ0n) is 22.0. The van der Waals surface area contributed by atoms with Crippen molar-refractivity contribution in [3.8, 4) is 0 Å². The summed E-state index contributed by atoms with van der Waals surface area (Å²) in [5, 5.41) is 3.74. The number of nitrogens with zero attached hydrogens (tertiary/aromatic N) is 3. The molecule has 1 heterocycles. The van der Waals surface area contributed by atoms with Crippen LogP contribution in [-0.2, 0) is 20.7 Å². The molecule has 1 aliphatic heterocycles. The van der Waals surface area contributed by atoms with Gasteiger partial charge >= 0.3 is 5.97 Å². The van der Waals surface area contributed by atoms with Gasteiger partial charge in [0.25, 0.3) is 5.91 Å². The standard InChI is InChI=1S/C30H28Cl2N4O4/c1-4-40-30(39)26(32)34-33-24-16-15-22(31)18-23(24)28(37)36-25(17-20-11-7-5-8-12-20)29(38)35(3)27(36)19(2)21-13-9-6-10-14-21/h5-16,18,25,27,33H,2,4,17H2,1,3H3/b34-26-/t25-,27+/m0/s1. The van der Waals surface area contributed by atoms with Gasteiger partial charge in [-0.2, -0.15) is 5.10 Å². The van der Waals surface area contributed by atoms with Crippen LogP contribution in [0.5, 0.6) is 0 Å². The van der Waals surface area contributed by atoms with E-state index in [9.17, 15) is 14.4 Å². The lowest BCUT2D eigenvalue weighted by atomic mass is 10.0. The van der Waals surface area contributed by atoms with Crippen molar-refractivity contribution in [2.75, 3.05) is 19.1 Å². The van der Waals surface area contributed by atoms with Crippen LogP contribution < -0.4 is 5.43 Å². The van der Waals surface area contributed by atoms with Crippen LogP contribution in [0.3, 0.4) is 0 Å². The van der Waals surface area contributed by atoms with Crippen molar-refractivity contribution in [2.24, 2.45) is 5.10 Å². The summed E-state index contributed by atoms with van der Waals surface area (Å²) in [5.41, 5.74) is 5.32. The van der Waals surface area contributed by atoms with Crippen LogP contribution in [0.25, 0.3) is 5.57 Å². The molecule has 0 bridgehead atoms. The summed E-state index contributed by atoms with van der Waals surface area (Å²) in [7, 11) is 1.66. The van der Waals surface area contributed by atoms with Crippen LogP contribution >= 0.6 is 23.2 Å². The minimum Gasteiger partial charge on any atom is -0.461 e. The van der Waals surface area contributed by atoms with E-state index in [-0.39, 0.29) is 23.8 Å². The van der Waals surface area contributed by atoms with Gasteiger partial charge in [0.2, 0.25) is 11.1 Å². The van der Waals surface area contributed by atoms with Crippen molar-refractivity contribution in [3.63, 3.8) is 0 Å². The number of hydrazone groups is 1. The van der Waals surface area contributed by atoms with Crippen LogP contribution in [0.1, 0.15) is 28.4 Å². The SMILES string of the molecule is C=C(c1ccccc1)[C@@H]1N(C)C(=O)[C@H](Cc2ccccc2)N1C(=O)c1cc(Cl)ccc1N/N=C(\Cl)C(=O)OCC. The molecule has 8 nitrogen and oxygen atoms in total. The van der Waals surface area contributed by atoms with E-state index in [0.717, 1.165) is 11.1 Å². The van der Waals surface area contributed by atoms with Crippen LogP contribution in [0, 0.1) is 0 Å². The van der Waals surface area contributed by atoms with Gasteiger partial charge in [-0.15, -0.1) is 0 Å². The van der Waals surface area contributed by atoms with Gasteiger partial charge in [-0.1, -0.05) is 90.4 Å². The Bertz CT molecular complexity index is 1450. The first-order chi connectivity index (χ1) is 19.2. The molecule has 40 heavy (non-hydrogen) atoms. The van der Waals surface area contributed by atoms with Gasteiger partial charge in [0, 0.05) is 18.5 Å². The molecular formula is C30H28Cl2N4O4. The van der Waals surface area contributed by atoms with E-state index in [1.54, 1.807) is 26.1 Å². The molecule has 10 heteroatoms. The van der Waals surface area contributed by atoms with E-state index in [1.165, 1.54) is 15.9 Å². The lowest BCUT2D eigenvalue weighted by Gasteiger charge is -2.32. The van der Waals surface area contributed by atoms with Gasteiger partial charge in [0.05, 0.1) is 17.9 Å². The molecule has 1 aliphatic rings. The van der Waals surface area contributed by atoms with Gasteiger partial charge in [0.15, 0.2) is 0 Å². The lowest BCUT2D eigenvalue weighted by molar-refractivity contribution is -0.134. The molecular weight excluding hydrogens is 551 g/mol. The van der Waals surface area contributed by atoms with Crippen molar-refractivity contribution in [1.29, 1.82) is 0 Å². The average Bonchev–Trinajstić information content (AvgIpc) is 3.21. The highest BCUT2D eigenvalue weighted by Gasteiger charge is 2.48. The van der Waals surface area contributed by atoms with E-state index in [2.05, 4.69) is 17.1 Å². The molecule has 206 valence electrons. The maximum Gasteiger partial charge on any atom is 0.370 e. The van der Waals surface area contributed by atoms with Crippen LogP contribution in [0.4, 0.5) is 5.69 Å². The molecule has 3 aromatic rings. The van der Waals surface area contributed by atoms with E-state index < -0.39 is 29.3 Å². The first-order valence-corrected chi connectivity index (χ1v) is 13.3. The number of hydrogen-bond acceptors (Lipinski definition) is 6. The van der Waals surface area contributed by atoms with Gasteiger partial charge in [-0.25, -0.2) is 4.79 Å². The van der Waals surface area contributed by atoms with Gasteiger partial charge in [-0.05, 0) is 41.8 Å². The summed E-state index contributed by atoms with van der Waals surface area (Å²) in [6, 6.07) is 22.6. The third kappa shape index (κ3) is 6.19. The third-order valence-corrected chi connectivity index (χ3v) is 6.97. The molecule has 4 rings (SSSR count). The summed E-state index contributed by atoms with van der Waals surface area (Å²) in [6.45, 7) is 6.05. The molecule has 0 aromatic heterocycles. The fourth-order valence-corrected chi connectivity index (χ4v) is 4.85. The van der Waals surface area contributed by atoms with Gasteiger partial charge in [0.1, 0.15) is 12.2 Å². The Kier molecular flexibility index (Phi) is 9.24. The highest BCUT2D eigenvalue weighted by atomic mass is 35.5. The van der Waals surface area contributed by atoms with E-state index in [4.69, 9.17) is 27.9 Å². The number of benzene rings is 3. The molecule has 2 amide bonds. The molecule has 3 aromatic carbocycles. The van der Waals surface area contributed by atoms with Crippen molar-refractivity contribution < 1.29 is 19.1 Å². The second-order valence-electron chi connectivity index (χ2n) is 9.06.